The van der Waals surface area contributed by atoms with Crippen LogP contribution in [0.5, 0.6) is 0 Å². The van der Waals surface area contributed by atoms with Crippen LogP contribution in [0, 0.1) is 0 Å². The molecule has 0 spiro atoms. The minimum absolute atomic E-state index is 0.482. The summed E-state index contributed by atoms with van der Waals surface area (Å²) in [6, 6.07) is 10.8. The Morgan fingerprint density at radius 1 is 1.33 bits per heavy atom. The molecular formula is C10H15NS. The predicted octanol–water partition coefficient (Wildman–Crippen LogP) is 2.44. The summed E-state index contributed by atoms with van der Waals surface area (Å²) in [5.41, 5.74) is 1.25. The molecule has 0 unspecified atom stereocenters. The molecule has 0 bridgehead atoms. The molecule has 0 radical (unpaired) electrons. The molecule has 1 atom stereocenters. The number of benzene rings is 1. The van der Waals surface area contributed by atoms with Crippen molar-refractivity contribution in [3.63, 3.8) is 0 Å². The fraction of sp³-hybridized carbons (Fsp3) is 0.400. The third-order valence-corrected chi connectivity index (χ3v) is 2.62. The Kier molecular flexibility index (Phi) is 3.48. The monoisotopic (exact) mass is 181 g/mol. The van der Waals surface area contributed by atoms with Crippen LogP contribution in [0.4, 0.5) is 5.69 Å². The first kappa shape index (κ1) is 9.46. The van der Waals surface area contributed by atoms with E-state index in [4.69, 9.17) is 0 Å². The Morgan fingerprint density at radius 3 is 2.42 bits per heavy atom. The van der Waals surface area contributed by atoms with Crippen molar-refractivity contribution in [1.82, 2.24) is 0 Å². The highest BCUT2D eigenvalue weighted by Crippen LogP contribution is 2.14. The fourth-order valence-electron chi connectivity index (χ4n) is 1.04. The minimum Gasteiger partial charge on any atom is -0.371 e. The summed E-state index contributed by atoms with van der Waals surface area (Å²) in [6.45, 7) is 2.17. The molecule has 0 N–H and O–H groups in total. The molecule has 1 rings (SSSR count). The van der Waals surface area contributed by atoms with Crippen molar-refractivity contribution in [2.75, 3.05) is 17.7 Å². The molecule has 0 fully saturated rings. The molecule has 0 aliphatic carbocycles. The van der Waals surface area contributed by atoms with Crippen molar-refractivity contribution in [2.45, 2.75) is 13.0 Å². The van der Waals surface area contributed by atoms with Gasteiger partial charge in [-0.15, -0.1) is 0 Å². The summed E-state index contributed by atoms with van der Waals surface area (Å²) in [5, 5.41) is 0. The molecule has 12 heavy (non-hydrogen) atoms. The van der Waals surface area contributed by atoms with Gasteiger partial charge in [0.15, 0.2) is 0 Å². The van der Waals surface area contributed by atoms with Crippen LogP contribution in [-0.4, -0.2) is 18.8 Å². The second-order valence-corrected chi connectivity index (χ2v) is 3.34. The van der Waals surface area contributed by atoms with E-state index in [9.17, 15) is 0 Å². The van der Waals surface area contributed by atoms with Gasteiger partial charge in [-0.05, 0) is 19.1 Å². The molecule has 1 aromatic carbocycles. The molecule has 1 nitrogen and oxygen atoms in total. The molecular weight excluding hydrogens is 166 g/mol. The second kappa shape index (κ2) is 4.41. The lowest BCUT2D eigenvalue weighted by atomic mass is 10.2. The molecule has 0 aliphatic rings. The zero-order chi connectivity index (χ0) is 8.97. The van der Waals surface area contributed by atoms with Crippen LogP contribution in [-0.2, 0) is 0 Å². The summed E-state index contributed by atoms with van der Waals surface area (Å²) in [5.74, 6) is 0.880. The highest BCUT2D eigenvalue weighted by molar-refractivity contribution is 7.80. The predicted molar refractivity (Wildman–Crippen MR) is 58.2 cm³/mol. The molecule has 66 valence electrons. The molecule has 0 amide bonds. The Hall–Kier alpha value is -0.630. The van der Waals surface area contributed by atoms with Crippen molar-refractivity contribution in [1.29, 1.82) is 0 Å². The van der Waals surface area contributed by atoms with Gasteiger partial charge in [0.2, 0.25) is 0 Å². The SMILES string of the molecule is C[C@@H](CS)N(C)c1ccccc1. The summed E-state index contributed by atoms with van der Waals surface area (Å²) < 4.78 is 0. The van der Waals surface area contributed by atoms with E-state index >= 15 is 0 Å². The van der Waals surface area contributed by atoms with Gasteiger partial charge in [0.05, 0.1) is 0 Å². The van der Waals surface area contributed by atoms with E-state index in [-0.39, 0.29) is 0 Å². The molecule has 2 heteroatoms. The lowest BCUT2D eigenvalue weighted by Gasteiger charge is -2.25. The number of hydrogen-bond acceptors (Lipinski definition) is 2. The van der Waals surface area contributed by atoms with E-state index < -0.39 is 0 Å². The van der Waals surface area contributed by atoms with E-state index in [0.29, 0.717) is 6.04 Å². The lowest BCUT2D eigenvalue weighted by molar-refractivity contribution is 0.767. The van der Waals surface area contributed by atoms with E-state index in [2.05, 4.69) is 55.8 Å². The first-order valence-electron chi connectivity index (χ1n) is 4.14. The van der Waals surface area contributed by atoms with Gasteiger partial charge < -0.3 is 4.90 Å². The Bertz CT molecular complexity index is 223. The minimum atomic E-state index is 0.482. The largest absolute Gasteiger partial charge is 0.371 e. The van der Waals surface area contributed by atoms with Crippen LogP contribution >= 0.6 is 12.6 Å². The van der Waals surface area contributed by atoms with E-state index in [1.165, 1.54) is 5.69 Å². The average Bonchev–Trinajstić information content (AvgIpc) is 2.17. The Morgan fingerprint density at radius 2 is 1.92 bits per heavy atom. The van der Waals surface area contributed by atoms with Gasteiger partial charge in [0.1, 0.15) is 0 Å². The molecule has 0 aliphatic heterocycles. The highest BCUT2D eigenvalue weighted by Gasteiger charge is 2.06. The number of rotatable bonds is 3. The normalized spacial score (nSPS) is 12.6. The summed E-state index contributed by atoms with van der Waals surface area (Å²) in [6.07, 6.45) is 0. The van der Waals surface area contributed by atoms with Gasteiger partial charge in [-0.25, -0.2) is 0 Å². The maximum Gasteiger partial charge on any atom is 0.0366 e. The van der Waals surface area contributed by atoms with Crippen molar-refractivity contribution >= 4 is 18.3 Å². The van der Waals surface area contributed by atoms with Gasteiger partial charge in [-0.3, -0.25) is 0 Å². The van der Waals surface area contributed by atoms with E-state index in [1.54, 1.807) is 0 Å². The first-order valence-corrected chi connectivity index (χ1v) is 4.77. The van der Waals surface area contributed by atoms with E-state index in [0.717, 1.165) is 5.75 Å². The van der Waals surface area contributed by atoms with Gasteiger partial charge >= 0.3 is 0 Å². The lowest BCUT2D eigenvalue weighted by Crippen LogP contribution is -2.29. The first-order chi connectivity index (χ1) is 5.75. The van der Waals surface area contributed by atoms with Gasteiger partial charge in [0.25, 0.3) is 0 Å². The second-order valence-electron chi connectivity index (χ2n) is 2.98. The third-order valence-electron chi connectivity index (χ3n) is 2.09. The maximum atomic E-state index is 4.26. The molecule has 0 saturated carbocycles. The Balaban J connectivity index is 2.71. The fourth-order valence-corrected chi connectivity index (χ4v) is 1.29. The number of nitrogens with zero attached hydrogens (tertiary/aromatic N) is 1. The third kappa shape index (κ3) is 2.18. The van der Waals surface area contributed by atoms with Crippen molar-refractivity contribution in [2.24, 2.45) is 0 Å². The maximum absolute atomic E-state index is 4.26. The van der Waals surface area contributed by atoms with Gasteiger partial charge in [0, 0.05) is 24.5 Å². The average molecular weight is 181 g/mol. The van der Waals surface area contributed by atoms with E-state index in [1.807, 2.05) is 6.07 Å². The van der Waals surface area contributed by atoms with Crippen molar-refractivity contribution in [3.8, 4) is 0 Å². The topological polar surface area (TPSA) is 3.24 Å². The van der Waals surface area contributed by atoms with Crippen LogP contribution in [0.1, 0.15) is 6.92 Å². The van der Waals surface area contributed by atoms with Crippen LogP contribution < -0.4 is 4.90 Å². The van der Waals surface area contributed by atoms with Crippen LogP contribution in [0.2, 0.25) is 0 Å². The summed E-state index contributed by atoms with van der Waals surface area (Å²) in [4.78, 5) is 2.23. The number of para-hydroxylation sites is 1. The number of thiol groups is 1. The molecule has 1 aromatic rings. The summed E-state index contributed by atoms with van der Waals surface area (Å²) in [7, 11) is 2.09. The Labute approximate surface area is 79.8 Å². The zero-order valence-corrected chi connectivity index (χ0v) is 8.46. The summed E-state index contributed by atoms with van der Waals surface area (Å²) >= 11 is 4.26. The standard InChI is InChI=1S/C10H15NS/c1-9(8-12)11(2)10-6-4-3-5-7-10/h3-7,9,12H,8H2,1-2H3/t9-/m0/s1. The van der Waals surface area contributed by atoms with Gasteiger partial charge in [-0.1, -0.05) is 18.2 Å². The van der Waals surface area contributed by atoms with Crippen LogP contribution in [0.15, 0.2) is 30.3 Å². The molecule has 0 heterocycles. The van der Waals surface area contributed by atoms with Crippen molar-refractivity contribution < 1.29 is 0 Å². The molecule has 0 aromatic heterocycles. The van der Waals surface area contributed by atoms with Crippen LogP contribution in [0.25, 0.3) is 0 Å². The molecule has 0 saturated heterocycles. The van der Waals surface area contributed by atoms with Crippen LogP contribution in [0.3, 0.4) is 0 Å². The number of hydrogen-bond donors (Lipinski definition) is 1. The smallest absolute Gasteiger partial charge is 0.0366 e. The van der Waals surface area contributed by atoms with Crippen molar-refractivity contribution in [3.05, 3.63) is 30.3 Å². The highest BCUT2D eigenvalue weighted by atomic mass is 32.1. The zero-order valence-electron chi connectivity index (χ0n) is 7.57. The number of anilines is 1. The quantitative estimate of drug-likeness (QED) is 0.701. The van der Waals surface area contributed by atoms with Gasteiger partial charge in [-0.2, -0.15) is 12.6 Å².